The molecule has 5 heteroatoms. The van der Waals surface area contributed by atoms with E-state index in [1.165, 1.54) is 0 Å². The third kappa shape index (κ3) is 9.19. The van der Waals surface area contributed by atoms with E-state index in [1.54, 1.807) is 11.9 Å². The number of hydrazine groups is 1. The number of nitrogens with one attached hydrogen (secondary N) is 2. The second kappa shape index (κ2) is 9.19. The van der Waals surface area contributed by atoms with Crippen molar-refractivity contribution in [2.45, 2.75) is 13.8 Å². The van der Waals surface area contributed by atoms with Crippen molar-refractivity contribution in [3.05, 3.63) is 0 Å². The van der Waals surface area contributed by atoms with Crippen molar-refractivity contribution in [3.8, 4) is 0 Å². The van der Waals surface area contributed by atoms with E-state index >= 15 is 0 Å². The highest BCUT2D eigenvalue weighted by Gasteiger charge is 1.96. The first-order valence-electron chi connectivity index (χ1n) is 3.60. The van der Waals surface area contributed by atoms with E-state index in [2.05, 4.69) is 11.3 Å². The molecular weight excluding hydrogens is 142 g/mol. The van der Waals surface area contributed by atoms with Gasteiger partial charge in [0, 0.05) is 13.1 Å². The molecule has 0 aromatic heterocycles. The molecular formula is C6H19N5. The first kappa shape index (κ1) is 12.8. The fourth-order valence-corrected chi connectivity index (χ4v) is 0.564. The van der Waals surface area contributed by atoms with E-state index in [0.29, 0.717) is 0 Å². The van der Waals surface area contributed by atoms with Crippen LogP contribution < -0.4 is 17.0 Å². The fraction of sp³-hybridized carbons (Fsp3) is 0.833. The van der Waals surface area contributed by atoms with Gasteiger partial charge in [-0.1, -0.05) is 0 Å². The minimum absolute atomic E-state index is 0.162. The molecule has 0 amide bonds. The van der Waals surface area contributed by atoms with Crippen LogP contribution >= 0.6 is 0 Å². The second-order valence-electron chi connectivity index (χ2n) is 1.85. The van der Waals surface area contributed by atoms with E-state index < -0.39 is 0 Å². The Morgan fingerprint density at radius 1 is 1.45 bits per heavy atom. The van der Waals surface area contributed by atoms with Crippen molar-refractivity contribution in [1.82, 2.24) is 10.3 Å². The van der Waals surface area contributed by atoms with Crippen molar-refractivity contribution in [3.63, 3.8) is 0 Å². The van der Waals surface area contributed by atoms with Gasteiger partial charge in [0.15, 0.2) is 5.96 Å². The lowest BCUT2D eigenvalue weighted by Gasteiger charge is -2.16. The van der Waals surface area contributed by atoms with Crippen LogP contribution in [0.3, 0.4) is 0 Å². The van der Waals surface area contributed by atoms with E-state index in [9.17, 15) is 0 Å². The summed E-state index contributed by atoms with van der Waals surface area (Å²) in [5.41, 5.74) is 7.42. The fourth-order valence-electron chi connectivity index (χ4n) is 0.564. The minimum Gasteiger partial charge on any atom is -0.370 e. The molecule has 0 aliphatic rings. The molecule has 0 bridgehead atoms. The van der Waals surface area contributed by atoms with Gasteiger partial charge in [0.1, 0.15) is 0 Å². The van der Waals surface area contributed by atoms with Crippen LogP contribution in [0.25, 0.3) is 0 Å². The van der Waals surface area contributed by atoms with Crippen molar-refractivity contribution in [2.75, 3.05) is 20.1 Å². The Hall–Kier alpha value is -0.810. The van der Waals surface area contributed by atoms with Crippen LogP contribution in [0.2, 0.25) is 0 Å². The highest BCUT2D eigenvalue weighted by molar-refractivity contribution is 5.74. The number of rotatable bonds is 2. The highest BCUT2D eigenvalue weighted by Crippen LogP contribution is 1.81. The average molecular weight is 161 g/mol. The molecule has 0 rings (SSSR count). The van der Waals surface area contributed by atoms with Gasteiger partial charge in [0.05, 0.1) is 0 Å². The van der Waals surface area contributed by atoms with E-state index in [1.807, 2.05) is 13.8 Å². The zero-order chi connectivity index (χ0) is 9.28. The molecule has 0 fully saturated rings. The number of nitrogens with zero attached hydrogens (tertiary/aromatic N) is 1. The Kier molecular flexibility index (Phi) is 10.7. The summed E-state index contributed by atoms with van der Waals surface area (Å²) in [7, 11) is 1.65. The second-order valence-corrected chi connectivity index (χ2v) is 1.85. The summed E-state index contributed by atoms with van der Waals surface area (Å²) in [6.45, 7) is 5.60. The van der Waals surface area contributed by atoms with E-state index in [-0.39, 0.29) is 5.96 Å². The van der Waals surface area contributed by atoms with Gasteiger partial charge in [-0.15, -0.1) is 0 Å². The maximum Gasteiger partial charge on any atom is 0.188 e. The molecule has 0 spiro atoms. The maximum atomic E-state index is 6.96. The van der Waals surface area contributed by atoms with Gasteiger partial charge in [-0.2, -0.15) is 0 Å². The average Bonchev–Trinajstić information content (AvgIpc) is 1.91. The zero-order valence-corrected chi connectivity index (χ0v) is 7.52. The molecule has 0 unspecified atom stereocenters. The first-order chi connectivity index (χ1) is 5.13. The summed E-state index contributed by atoms with van der Waals surface area (Å²) in [5.74, 6) is 4.76. The number of nitrogens with two attached hydrogens (primary N) is 2. The van der Waals surface area contributed by atoms with Crippen LogP contribution in [0.15, 0.2) is 0 Å². The standard InChI is InChI=1S/C5H13N3.CH6N2/c1-3-8(4-2)5(6)7;1-3-2/h3-4H2,1-2H3,(H3,6,7);3H,2H2,1H3. The smallest absolute Gasteiger partial charge is 0.188 e. The van der Waals surface area contributed by atoms with Crippen LogP contribution in [0.1, 0.15) is 13.8 Å². The van der Waals surface area contributed by atoms with Crippen LogP contribution in [-0.2, 0) is 0 Å². The Balaban J connectivity index is 0. The van der Waals surface area contributed by atoms with Gasteiger partial charge in [-0.25, -0.2) is 0 Å². The molecule has 5 nitrogen and oxygen atoms in total. The Morgan fingerprint density at radius 3 is 1.73 bits per heavy atom. The third-order valence-corrected chi connectivity index (χ3v) is 1.10. The normalized spacial score (nSPS) is 8.00. The van der Waals surface area contributed by atoms with Crippen molar-refractivity contribution in [2.24, 2.45) is 11.6 Å². The summed E-state index contributed by atoms with van der Waals surface area (Å²) < 4.78 is 0. The molecule has 0 aliphatic heterocycles. The van der Waals surface area contributed by atoms with E-state index in [0.717, 1.165) is 13.1 Å². The number of guanidine groups is 1. The largest absolute Gasteiger partial charge is 0.370 e. The minimum atomic E-state index is 0.162. The topological polar surface area (TPSA) is 91.2 Å². The lowest BCUT2D eigenvalue weighted by atomic mass is 10.5. The highest BCUT2D eigenvalue weighted by atomic mass is 15.2. The predicted octanol–water partition coefficient (Wildman–Crippen LogP) is -0.699. The molecule has 0 atom stereocenters. The summed E-state index contributed by atoms with van der Waals surface area (Å²) in [6, 6.07) is 0. The Labute approximate surface area is 68.2 Å². The quantitative estimate of drug-likeness (QED) is 0.186. The van der Waals surface area contributed by atoms with Gasteiger partial charge in [-0.05, 0) is 20.9 Å². The van der Waals surface area contributed by atoms with Crippen LogP contribution in [0.4, 0.5) is 0 Å². The summed E-state index contributed by atoms with van der Waals surface area (Å²) in [6.07, 6.45) is 0. The Morgan fingerprint density at radius 2 is 1.73 bits per heavy atom. The maximum absolute atomic E-state index is 6.96. The lowest BCUT2D eigenvalue weighted by Crippen LogP contribution is -2.35. The lowest BCUT2D eigenvalue weighted by molar-refractivity contribution is 0.457. The van der Waals surface area contributed by atoms with Gasteiger partial charge in [0.2, 0.25) is 0 Å². The monoisotopic (exact) mass is 161 g/mol. The molecule has 0 aromatic carbocycles. The molecule has 6 N–H and O–H groups in total. The van der Waals surface area contributed by atoms with Gasteiger partial charge >= 0.3 is 0 Å². The molecule has 0 saturated carbocycles. The summed E-state index contributed by atoms with van der Waals surface area (Å²) in [5, 5.41) is 6.96. The van der Waals surface area contributed by atoms with Crippen molar-refractivity contribution < 1.29 is 0 Å². The van der Waals surface area contributed by atoms with Gasteiger partial charge in [-0.3, -0.25) is 16.7 Å². The zero-order valence-electron chi connectivity index (χ0n) is 7.52. The summed E-state index contributed by atoms with van der Waals surface area (Å²) in [4.78, 5) is 1.78. The van der Waals surface area contributed by atoms with Crippen LogP contribution in [0, 0.1) is 5.41 Å². The number of hydrogen-bond donors (Lipinski definition) is 4. The van der Waals surface area contributed by atoms with Crippen molar-refractivity contribution >= 4 is 5.96 Å². The Bertz CT molecular complexity index is 89.0. The third-order valence-electron chi connectivity index (χ3n) is 1.10. The van der Waals surface area contributed by atoms with Gasteiger partial charge < -0.3 is 10.6 Å². The van der Waals surface area contributed by atoms with Crippen molar-refractivity contribution in [1.29, 1.82) is 5.41 Å². The van der Waals surface area contributed by atoms with Crippen LogP contribution in [0.5, 0.6) is 0 Å². The first-order valence-corrected chi connectivity index (χ1v) is 3.60. The molecule has 0 aromatic rings. The molecule has 0 heterocycles. The molecule has 0 radical (unpaired) electrons. The molecule has 0 aliphatic carbocycles. The SMILES string of the molecule is CCN(CC)C(=N)N.CNN. The molecule has 68 valence electrons. The number of hydrogen-bond acceptors (Lipinski definition) is 3. The molecule has 0 saturated heterocycles. The van der Waals surface area contributed by atoms with E-state index in [4.69, 9.17) is 11.1 Å². The molecule has 11 heavy (non-hydrogen) atoms. The summed E-state index contributed by atoms with van der Waals surface area (Å²) >= 11 is 0. The van der Waals surface area contributed by atoms with Crippen LogP contribution in [-0.4, -0.2) is 31.0 Å². The van der Waals surface area contributed by atoms with Gasteiger partial charge in [0.25, 0.3) is 0 Å². The predicted molar refractivity (Wildman–Crippen MR) is 48.1 cm³/mol.